The van der Waals surface area contributed by atoms with E-state index < -0.39 is 12.1 Å². The maximum absolute atomic E-state index is 14.5. The van der Waals surface area contributed by atoms with Gasteiger partial charge in [-0.25, -0.2) is 4.79 Å². The van der Waals surface area contributed by atoms with Gasteiger partial charge in [-0.1, -0.05) is 73.7 Å². The van der Waals surface area contributed by atoms with Gasteiger partial charge in [0.15, 0.2) is 0 Å². The van der Waals surface area contributed by atoms with E-state index in [2.05, 4.69) is 41.6 Å². The Balaban J connectivity index is 1.39. The number of anilines is 2. The van der Waals surface area contributed by atoms with Crippen LogP contribution in [0, 0.1) is 5.92 Å². The summed E-state index contributed by atoms with van der Waals surface area (Å²) in [4.78, 5) is 31.6. The summed E-state index contributed by atoms with van der Waals surface area (Å²) in [5.41, 5.74) is 2.70. The number of rotatable bonds is 8. The molecule has 0 saturated heterocycles. The molecule has 49 heavy (non-hydrogen) atoms. The molecule has 3 amide bonds. The normalized spacial score (nSPS) is 19.8. The Morgan fingerprint density at radius 2 is 1.73 bits per heavy atom. The van der Waals surface area contributed by atoms with Crippen LogP contribution in [-0.2, 0) is 11.3 Å². The van der Waals surface area contributed by atoms with Crippen LogP contribution in [0.15, 0.2) is 91.0 Å². The molecule has 3 N–H and O–H groups in total. The predicted molar refractivity (Wildman–Crippen MR) is 196 cm³/mol. The number of hydrogen-bond donors (Lipinski definition) is 3. The SMILES string of the molecule is C[C@@H]1CCCCO[C@H](CN(C)Cc2ccccc2)[C@H](C)CN([C@H](C)CO)C(=O)c2cc(NC(=O)Nc3cccc4ccccc34)ccc2O1. The number of urea groups is 1. The lowest BCUT2D eigenvalue weighted by Gasteiger charge is -2.36. The molecule has 0 radical (unpaired) electrons. The van der Waals surface area contributed by atoms with Crippen molar-refractivity contribution in [3.05, 3.63) is 102 Å². The fraction of sp³-hybridized carbons (Fsp3) is 0.400. The zero-order valence-electron chi connectivity index (χ0n) is 29.1. The average molecular weight is 667 g/mol. The van der Waals surface area contributed by atoms with Crippen molar-refractivity contribution in [2.45, 2.75) is 64.8 Å². The predicted octanol–water partition coefficient (Wildman–Crippen LogP) is 7.41. The lowest BCUT2D eigenvalue weighted by molar-refractivity contribution is -0.0177. The molecule has 0 aromatic heterocycles. The molecule has 5 rings (SSSR count). The van der Waals surface area contributed by atoms with Crippen molar-refractivity contribution in [2.24, 2.45) is 5.92 Å². The zero-order valence-corrected chi connectivity index (χ0v) is 29.1. The monoisotopic (exact) mass is 666 g/mol. The minimum Gasteiger partial charge on any atom is -0.490 e. The molecule has 0 fully saturated rings. The van der Waals surface area contributed by atoms with Crippen LogP contribution in [0.1, 0.15) is 56.0 Å². The molecule has 4 aromatic carbocycles. The third-order valence-corrected chi connectivity index (χ3v) is 9.13. The van der Waals surface area contributed by atoms with Gasteiger partial charge in [0.1, 0.15) is 5.75 Å². The first-order chi connectivity index (χ1) is 23.7. The summed E-state index contributed by atoms with van der Waals surface area (Å²) in [5, 5.41) is 18.1. The number of likely N-dealkylation sites (N-methyl/N-ethyl adjacent to an activating group) is 1. The Morgan fingerprint density at radius 1 is 0.980 bits per heavy atom. The number of carbonyl (C=O) groups excluding carboxylic acids is 2. The van der Waals surface area contributed by atoms with Crippen molar-refractivity contribution >= 4 is 34.1 Å². The quantitative estimate of drug-likeness (QED) is 0.181. The summed E-state index contributed by atoms with van der Waals surface area (Å²) in [6.45, 7) is 8.23. The van der Waals surface area contributed by atoms with E-state index in [0.29, 0.717) is 42.4 Å². The molecule has 260 valence electrons. The van der Waals surface area contributed by atoms with E-state index in [4.69, 9.17) is 9.47 Å². The molecular weight excluding hydrogens is 616 g/mol. The van der Waals surface area contributed by atoms with Gasteiger partial charge in [0.25, 0.3) is 5.91 Å². The van der Waals surface area contributed by atoms with E-state index in [1.165, 1.54) is 5.56 Å². The number of nitrogens with zero attached hydrogens (tertiary/aromatic N) is 2. The molecule has 4 atom stereocenters. The van der Waals surface area contributed by atoms with E-state index in [1.807, 2.05) is 74.5 Å². The lowest BCUT2D eigenvalue weighted by Crippen LogP contribution is -2.47. The van der Waals surface area contributed by atoms with E-state index in [0.717, 1.165) is 36.6 Å². The number of amides is 3. The van der Waals surface area contributed by atoms with Crippen molar-refractivity contribution in [1.29, 1.82) is 0 Å². The molecule has 0 aliphatic carbocycles. The van der Waals surface area contributed by atoms with Gasteiger partial charge in [0.05, 0.1) is 36.1 Å². The third kappa shape index (κ3) is 9.81. The molecule has 9 nitrogen and oxygen atoms in total. The maximum Gasteiger partial charge on any atom is 0.323 e. The molecule has 9 heteroatoms. The van der Waals surface area contributed by atoms with Crippen molar-refractivity contribution in [3.63, 3.8) is 0 Å². The molecule has 1 heterocycles. The highest BCUT2D eigenvalue weighted by Crippen LogP contribution is 2.29. The molecule has 0 saturated carbocycles. The highest BCUT2D eigenvalue weighted by Gasteiger charge is 2.30. The summed E-state index contributed by atoms with van der Waals surface area (Å²) in [5.74, 6) is 0.144. The van der Waals surface area contributed by atoms with Crippen molar-refractivity contribution in [1.82, 2.24) is 9.80 Å². The van der Waals surface area contributed by atoms with Gasteiger partial charge in [-0.15, -0.1) is 0 Å². The van der Waals surface area contributed by atoms with Gasteiger partial charge in [0.2, 0.25) is 0 Å². The number of ether oxygens (including phenoxy) is 2. The second-order valence-electron chi connectivity index (χ2n) is 13.3. The Kier molecular flexibility index (Phi) is 12.6. The zero-order chi connectivity index (χ0) is 34.8. The molecule has 1 aliphatic rings. The summed E-state index contributed by atoms with van der Waals surface area (Å²) in [6, 6.07) is 28.2. The molecule has 1 aliphatic heterocycles. The van der Waals surface area contributed by atoms with Gasteiger partial charge in [-0.3, -0.25) is 9.69 Å². The first-order valence-corrected chi connectivity index (χ1v) is 17.3. The number of carbonyl (C=O) groups is 2. The first kappa shape index (κ1) is 35.9. The Bertz CT molecular complexity index is 1680. The number of aliphatic hydroxyl groups is 1. The minimum absolute atomic E-state index is 0.0322. The fourth-order valence-electron chi connectivity index (χ4n) is 6.35. The maximum atomic E-state index is 14.5. The Labute approximate surface area is 290 Å². The van der Waals surface area contributed by atoms with E-state index in [9.17, 15) is 14.7 Å². The Hall–Kier alpha value is -4.44. The van der Waals surface area contributed by atoms with E-state index in [1.54, 1.807) is 23.1 Å². The highest BCUT2D eigenvalue weighted by atomic mass is 16.5. The Morgan fingerprint density at radius 3 is 2.53 bits per heavy atom. The fourth-order valence-corrected chi connectivity index (χ4v) is 6.35. The van der Waals surface area contributed by atoms with Gasteiger partial charge in [-0.05, 0) is 75.4 Å². The van der Waals surface area contributed by atoms with Crippen LogP contribution in [-0.4, -0.2) is 78.4 Å². The second kappa shape index (κ2) is 17.3. The lowest BCUT2D eigenvalue weighted by atomic mass is 10.0. The number of benzene rings is 4. The summed E-state index contributed by atoms with van der Waals surface area (Å²) < 4.78 is 12.9. The van der Waals surface area contributed by atoms with E-state index in [-0.39, 0.29) is 30.6 Å². The van der Waals surface area contributed by atoms with Crippen LogP contribution in [0.4, 0.5) is 16.2 Å². The smallest absolute Gasteiger partial charge is 0.323 e. The minimum atomic E-state index is -0.456. The molecular formula is C40H50N4O5. The number of hydrogen-bond acceptors (Lipinski definition) is 6. The van der Waals surface area contributed by atoms with Gasteiger partial charge in [0, 0.05) is 43.2 Å². The number of aliphatic hydroxyl groups excluding tert-OH is 1. The topological polar surface area (TPSA) is 103 Å². The number of nitrogens with one attached hydrogen (secondary N) is 2. The highest BCUT2D eigenvalue weighted by molar-refractivity contribution is 6.07. The number of fused-ring (bicyclic) bond motifs is 2. The largest absolute Gasteiger partial charge is 0.490 e. The molecule has 0 unspecified atom stereocenters. The van der Waals surface area contributed by atoms with Crippen LogP contribution in [0.3, 0.4) is 0 Å². The molecule has 0 bridgehead atoms. The van der Waals surface area contributed by atoms with Gasteiger partial charge < -0.3 is 30.1 Å². The summed E-state index contributed by atoms with van der Waals surface area (Å²) in [7, 11) is 2.09. The average Bonchev–Trinajstić information content (AvgIpc) is 3.10. The second-order valence-corrected chi connectivity index (χ2v) is 13.3. The first-order valence-electron chi connectivity index (χ1n) is 17.3. The summed E-state index contributed by atoms with van der Waals surface area (Å²) in [6.07, 6.45) is 2.36. The van der Waals surface area contributed by atoms with E-state index >= 15 is 0 Å². The standard InChI is InChI=1S/C40H50N4O5/c1-28-24-44(29(2)27-45)39(46)35-23-33(41-40(47)42-36-19-12-17-32-16-8-9-18-34(32)36)20-21-37(35)49-30(3)13-10-11-22-48-38(28)26-43(4)25-31-14-6-5-7-15-31/h5-9,12,14-21,23,28-30,38,45H,10-11,13,22,24-27H2,1-4H3,(H2,41,42,47)/t28-,29-,30-,38-/m1/s1. The third-order valence-electron chi connectivity index (χ3n) is 9.13. The van der Waals surface area contributed by atoms with Crippen LogP contribution in [0.5, 0.6) is 5.75 Å². The van der Waals surface area contributed by atoms with Crippen LogP contribution >= 0.6 is 0 Å². The van der Waals surface area contributed by atoms with Crippen molar-refractivity contribution in [2.75, 3.05) is 44.0 Å². The molecule has 4 aromatic rings. The van der Waals surface area contributed by atoms with Gasteiger partial charge >= 0.3 is 6.03 Å². The van der Waals surface area contributed by atoms with Crippen LogP contribution in [0.2, 0.25) is 0 Å². The van der Waals surface area contributed by atoms with Crippen molar-refractivity contribution < 1.29 is 24.2 Å². The molecule has 0 spiro atoms. The van der Waals surface area contributed by atoms with Crippen molar-refractivity contribution in [3.8, 4) is 5.75 Å². The van der Waals surface area contributed by atoms with Crippen LogP contribution in [0.25, 0.3) is 10.8 Å². The van der Waals surface area contributed by atoms with Gasteiger partial charge in [-0.2, -0.15) is 0 Å². The summed E-state index contributed by atoms with van der Waals surface area (Å²) >= 11 is 0. The van der Waals surface area contributed by atoms with Crippen LogP contribution < -0.4 is 15.4 Å².